The second-order valence-corrected chi connectivity index (χ2v) is 6.69. The molecule has 2 heterocycles. The first kappa shape index (κ1) is 16.4. The molecule has 0 aliphatic carbocycles. The average Bonchev–Trinajstić information content (AvgIpc) is 2.39. The van der Waals surface area contributed by atoms with Crippen LogP contribution in [0.15, 0.2) is 24.5 Å². The second kappa shape index (κ2) is 7.19. The summed E-state index contributed by atoms with van der Waals surface area (Å²) in [4.78, 5) is 3.94. The molecule has 0 spiro atoms. The fraction of sp³-hybridized carbons (Fsp3) is 0.583. The van der Waals surface area contributed by atoms with Gasteiger partial charge in [-0.05, 0) is 36.9 Å². The van der Waals surface area contributed by atoms with Crippen LogP contribution in [0.2, 0.25) is 0 Å². The first-order chi connectivity index (χ1) is 8.62. The van der Waals surface area contributed by atoms with Gasteiger partial charge in [0.25, 0.3) is 0 Å². The summed E-state index contributed by atoms with van der Waals surface area (Å²) in [6.45, 7) is 1.72. The van der Waals surface area contributed by atoms with Crippen molar-refractivity contribution in [2.45, 2.75) is 18.6 Å². The van der Waals surface area contributed by atoms with Gasteiger partial charge in [-0.15, -0.1) is 12.4 Å². The zero-order chi connectivity index (χ0) is 13.0. The Kier molecular flexibility index (Phi) is 6.19. The SMILES string of the molecule is Cl.NCC1CCCN(S(=O)(=O)Cc2cccnc2)C1. The van der Waals surface area contributed by atoms with Gasteiger partial charge in [0.05, 0.1) is 5.75 Å². The van der Waals surface area contributed by atoms with Crippen molar-refractivity contribution in [3.8, 4) is 0 Å². The molecule has 0 saturated carbocycles. The average molecular weight is 306 g/mol. The van der Waals surface area contributed by atoms with Crippen molar-refractivity contribution in [3.05, 3.63) is 30.1 Å². The molecule has 1 fully saturated rings. The Balaban J connectivity index is 0.00000180. The van der Waals surface area contributed by atoms with Crippen LogP contribution in [-0.2, 0) is 15.8 Å². The van der Waals surface area contributed by atoms with Crippen LogP contribution < -0.4 is 5.73 Å². The van der Waals surface area contributed by atoms with E-state index >= 15 is 0 Å². The summed E-state index contributed by atoms with van der Waals surface area (Å²) in [7, 11) is -3.24. The highest BCUT2D eigenvalue weighted by molar-refractivity contribution is 7.88. The molecule has 0 bridgehead atoms. The molecule has 108 valence electrons. The molecule has 2 rings (SSSR count). The number of hydrogen-bond donors (Lipinski definition) is 1. The van der Waals surface area contributed by atoms with Crippen molar-refractivity contribution < 1.29 is 8.42 Å². The smallest absolute Gasteiger partial charge is 0.218 e. The zero-order valence-corrected chi connectivity index (χ0v) is 12.4. The number of pyridine rings is 1. The molecule has 7 heteroatoms. The molecule has 1 saturated heterocycles. The lowest BCUT2D eigenvalue weighted by atomic mass is 10.0. The van der Waals surface area contributed by atoms with Gasteiger partial charge in [0.2, 0.25) is 10.0 Å². The van der Waals surface area contributed by atoms with Crippen LogP contribution in [0.3, 0.4) is 0 Å². The minimum Gasteiger partial charge on any atom is -0.330 e. The molecule has 0 radical (unpaired) electrons. The maximum atomic E-state index is 12.3. The summed E-state index contributed by atoms with van der Waals surface area (Å²) in [6, 6.07) is 3.54. The van der Waals surface area contributed by atoms with E-state index in [1.165, 1.54) is 0 Å². The molecule has 1 aromatic heterocycles. The van der Waals surface area contributed by atoms with Crippen LogP contribution in [-0.4, -0.2) is 37.3 Å². The lowest BCUT2D eigenvalue weighted by Crippen LogP contribution is -2.42. The molecule has 0 amide bonds. The molecule has 1 unspecified atom stereocenters. The Morgan fingerprint density at radius 3 is 2.89 bits per heavy atom. The van der Waals surface area contributed by atoms with Crippen LogP contribution in [0.5, 0.6) is 0 Å². The number of rotatable bonds is 4. The van der Waals surface area contributed by atoms with Gasteiger partial charge < -0.3 is 5.73 Å². The van der Waals surface area contributed by atoms with Gasteiger partial charge in [0, 0.05) is 25.5 Å². The molecule has 1 aromatic rings. The monoisotopic (exact) mass is 305 g/mol. The summed E-state index contributed by atoms with van der Waals surface area (Å²) in [5.74, 6) is 0.320. The third-order valence-electron chi connectivity index (χ3n) is 3.28. The Labute approximate surface area is 120 Å². The zero-order valence-electron chi connectivity index (χ0n) is 10.7. The predicted molar refractivity (Wildman–Crippen MR) is 77.5 cm³/mol. The quantitative estimate of drug-likeness (QED) is 0.900. The fourth-order valence-electron chi connectivity index (χ4n) is 2.26. The molecular weight excluding hydrogens is 286 g/mol. The van der Waals surface area contributed by atoms with E-state index in [1.54, 1.807) is 28.8 Å². The van der Waals surface area contributed by atoms with E-state index in [2.05, 4.69) is 4.98 Å². The standard InChI is InChI=1S/C12H19N3O2S.ClH/c13-7-11-4-2-6-15(9-11)18(16,17)10-12-3-1-5-14-8-12;/h1,3,5,8,11H,2,4,6-7,9-10,13H2;1H. The molecule has 1 aliphatic rings. The van der Waals surface area contributed by atoms with Crippen LogP contribution in [0.25, 0.3) is 0 Å². The van der Waals surface area contributed by atoms with Crippen LogP contribution in [0, 0.1) is 5.92 Å². The maximum Gasteiger partial charge on any atom is 0.218 e. The number of nitrogens with zero attached hydrogens (tertiary/aromatic N) is 2. The third kappa shape index (κ3) is 4.42. The van der Waals surface area contributed by atoms with E-state index < -0.39 is 10.0 Å². The minimum atomic E-state index is -3.24. The number of nitrogens with two attached hydrogens (primary N) is 1. The molecule has 1 atom stereocenters. The van der Waals surface area contributed by atoms with Crippen molar-refractivity contribution >= 4 is 22.4 Å². The summed E-state index contributed by atoms with van der Waals surface area (Å²) in [5, 5.41) is 0. The Morgan fingerprint density at radius 1 is 1.47 bits per heavy atom. The Morgan fingerprint density at radius 2 is 2.26 bits per heavy atom. The van der Waals surface area contributed by atoms with Gasteiger partial charge in [-0.2, -0.15) is 0 Å². The van der Waals surface area contributed by atoms with E-state index in [4.69, 9.17) is 5.73 Å². The van der Waals surface area contributed by atoms with Gasteiger partial charge in [-0.1, -0.05) is 6.07 Å². The van der Waals surface area contributed by atoms with Crippen LogP contribution in [0.4, 0.5) is 0 Å². The normalized spacial score (nSPS) is 20.8. The van der Waals surface area contributed by atoms with Crippen LogP contribution in [0.1, 0.15) is 18.4 Å². The van der Waals surface area contributed by atoms with Gasteiger partial charge in [-0.3, -0.25) is 4.98 Å². The fourth-order valence-corrected chi connectivity index (χ4v) is 3.88. The molecular formula is C12H20ClN3O2S. The highest BCUT2D eigenvalue weighted by atomic mass is 35.5. The van der Waals surface area contributed by atoms with Gasteiger partial charge in [-0.25, -0.2) is 12.7 Å². The van der Waals surface area contributed by atoms with Crippen LogP contribution >= 0.6 is 12.4 Å². The van der Waals surface area contributed by atoms with Crippen molar-refractivity contribution in [2.24, 2.45) is 11.7 Å². The van der Waals surface area contributed by atoms with Gasteiger partial charge in [0.15, 0.2) is 0 Å². The molecule has 1 aliphatic heterocycles. The topological polar surface area (TPSA) is 76.3 Å². The lowest BCUT2D eigenvalue weighted by molar-refractivity contribution is 0.271. The highest BCUT2D eigenvalue weighted by Crippen LogP contribution is 2.20. The molecule has 2 N–H and O–H groups in total. The Hall–Kier alpha value is -0.690. The summed E-state index contributed by atoms with van der Waals surface area (Å²) in [5.41, 5.74) is 6.36. The minimum absolute atomic E-state index is 0. The largest absolute Gasteiger partial charge is 0.330 e. The summed E-state index contributed by atoms with van der Waals surface area (Å²) >= 11 is 0. The highest BCUT2D eigenvalue weighted by Gasteiger charge is 2.28. The van der Waals surface area contributed by atoms with E-state index in [1.807, 2.05) is 0 Å². The van der Waals surface area contributed by atoms with Crippen molar-refractivity contribution in [3.63, 3.8) is 0 Å². The Bertz CT molecular complexity index is 481. The maximum absolute atomic E-state index is 12.3. The first-order valence-electron chi connectivity index (χ1n) is 6.18. The van der Waals surface area contributed by atoms with E-state index in [-0.39, 0.29) is 18.2 Å². The number of aromatic nitrogens is 1. The number of sulfonamides is 1. The molecule has 5 nitrogen and oxygen atoms in total. The van der Waals surface area contributed by atoms with E-state index in [0.717, 1.165) is 18.4 Å². The van der Waals surface area contributed by atoms with Crippen molar-refractivity contribution in [1.29, 1.82) is 0 Å². The lowest BCUT2D eigenvalue weighted by Gasteiger charge is -2.31. The molecule has 19 heavy (non-hydrogen) atoms. The third-order valence-corrected chi connectivity index (χ3v) is 5.10. The number of piperidine rings is 1. The second-order valence-electron chi connectivity index (χ2n) is 4.72. The number of halogens is 1. The van der Waals surface area contributed by atoms with Gasteiger partial charge >= 0.3 is 0 Å². The predicted octanol–water partition coefficient (Wildman–Crippen LogP) is 1.00. The summed E-state index contributed by atoms with van der Waals surface area (Å²) < 4.78 is 26.1. The van der Waals surface area contributed by atoms with Crippen molar-refractivity contribution in [2.75, 3.05) is 19.6 Å². The summed E-state index contributed by atoms with van der Waals surface area (Å²) in [6.07, 6.45) is 5.16. The van der Waals surface area contributed by atoms with Gasteiger partial charge in [0.1, 0.15) is 0 Å². The van der Waals surface area contributed by atoms with E-state index in [9.17, 15) is 8.42 Å². The first-order valence-corrected chi connectivity index (χ1v) is 7.79. The van der Waals surface area contributed by atoms with Crippen molar-refractivity contribution in [1.82, 2.24) is 9.29 Å². The number of hydrogen-bond acceptors (Lipinski definition) is 4. The van der Waals surface area contributed by atoms with E-state index in [0.29, 0.717) is 25.6 Å². The molecule has 0 aromatic carbocycles.